The van der Waals surface area contributed by atoms with Crippen molar-refractivity contribution in [1.29, 1.82) is 0 Å². The molecule has 1 unspecified atom stereocenters. The van der Waals surface area contributed by atoms with Crippen LogP contribution >= 0.6 is 0 Å². The zero-order valence-corrected chi connectivity index (χ0v) is 26.5. The Bertz CT molecular complexity index is 2090. The lowest BCUT2D eigenvalue weighted by atomic mass is 10.1. The molecule has 5 aromatic rings. The summed E-state index contributed by atoms with van der Waals surface area (Å²) in [7, 11) is 3.09. The van der Waals surface area contributed by atoms with Crippen LogP contribution in [0.5, 0.6) is 11.5 Å². The maximum absolute atomic E-state index is 13.6. The molecule has 4 heterocycles. The van der Waals surface area contributed by atoms with E-state index in [2.05, 4.69) is 4.90 Å². The lowest BCUT2D eigenvalue weighted by molar-refractivity contribution is -0.123. The highest BCUT2D eigenvalue weighted by Gasteiger charge is 2.43. The van der Waals surface area contributed by atoms with Crippen molar-refractivity contribution >= 4 is 34.6 Å². The topological polar surface area (TPSA) is 115 Å². The number of nitrogens with zero attached hydrogens (tertiary/aromatic N) is 7. The van der Waals surface area contributed by atoms with E-state index in [0.29, 0.717) is 67.0 Å². The van der Waals surface area contributed by atoms with Crippen molar-refractivity contribution < 1.29 is 14.3 Å². The van der Waals surface area contributed by atoms with Gasteiger partial charge in [0, 0.05) is 40.3 Å². The highest BCUT2D eigenvalue weighted by Crippen LogP contribution is 2.30. The number of hydrogen-bond donors (Lipinski definition) is 0. The largest absolute Gasteiger partial charge is 0.457 e. The maximum Gasteiger partial charge on any atom is 0.332 e. The molecule has 2 aliphatic rings. The zero-order chi connectivity index (χ0) is 32.8. The number of imide groups is 1. The van der Waals surface area contributed by atoms with E-state index in [1.807, 2.05) is 71.0 Å². The van der Waals surface area contributed by atoms with Crippen molar-refractivity contribution in [3.63, 3.8) is 0 Å². The van der Waals surface area contributed by atoms with Crippen molar-refractivity contribution in [2.75, 3.05) is 36.0 Å². The van der Waals surface area contributed by atoms with Crippen LogP contribution in [0.15, 0.2) is 88.5 Å². The zero-order valence-electron chi connectivity index (χ0n) is 26.5. The van der Waals surface area contributed by atoms with Gasteiger partial charge in [-0.15, -0.1) is 0 Å². The average Bonchev–Trinajstić information content (AvgIpc) is 3.61. The molecule has 0 spiro atoms. The molecule has 2 aliphatic heterocycles. The summed E-state index contributed by atoms with van der Waals surface area (Å²) in [6, 6.07) is 23.9. The molecule has 0 aliphatic carbocycles. The smallest absolute Gasteiger partial charge is 0.332 e. The predicted octanol–water partition coefficient (Wildman–Crippen LogP) is 3.04. The van der Waals surface area contributed by atoms with Crippen LogP contribution < -0.4 is 25.8 Å². The van der Waals surface area contributed by atoms with Gasteiger partial charge in [-0.25, -0.2) is 9.69 Å². The van der Waals surface area contributed by atoms with Gasteiger partial charge in [0.1, 0.15) is 11.5 Å². The molecule has 0 N–H and O–H groups in total. The Labute approximate surface area is 270 Å². The number of carbonyl (C=O) groups excluding carboxylic acids is 2. The van der Waals surface area contributed by atoms with Crippen molar-refractivity contribution in [1.82, 2.24) is 23.6 Å². The third-order valence-corrected chi connectivity index (χ3v) is 9.02. The van der Waals surface area contributed by atoms with Gasteiger partial charge < -0.3 is 9.64 Å². The number of piperazine rings is 1. The van der Waals surface area contributed by atoms with Gasteiger partial charge in [0.25, 0.3) is 11.5 Å². The number of aromatic nitrogens is 4. The normalized spacial score (nSPS) is 17.2. The second kappa shape index (κ2) is 12.0. The minimum absolute atomic E-state index is 0.102. The lowest BCUT2D eigenvalue weighted by Crippen LogP contribution is -2.53. The standard InChI is InChI=1S/C35H35N7O5/c1-23-9-11-24(12-10-23)22-41-30-31(37(2)35(46)38(3)33(30)45)36-34(41)40-19-17-39(18-20-40)28-21-29(43)42(32(28)44)25-13-15-27(16-14-25)47-26-7-5-4-6-8-26/h4-16,28H,17-22H2,1-3H3. The first-order chi connectivity index (χ1) is 22.7. The summed E-state index contributed by atoms with van der Waals surface area (Å²) >= 11 is 0. The highest BCUT2D eigenvalue weighted by molar-refractivity contribution is 6.22. The molecule has 240 valence electrons. The Balaban J connectivity index is 1.10. The second-order valence-electron chi connectivity index (χ2n) is 12.1. The van der Waals surface area contributed by atoms with E-state index < -0.39 is 17.3 Å². The lowest BCUT2D eigenvalue weighted by Gasteiger charge is -2.37. The average molecular weight is 634 g/mol. The Morgan fingerprint density at radius 3 is 2.13 bits per heavy atom. The van der Waals surface area contributed by atoms with Crippen LogP contribution in [0.2, 0.25) is 0 Å². The van der Waals surface area contributed by atoms with Gasteiger partial charge in [0.05, 0.1) is 24.7 Å². The molecule has 12 heteroatoms. The first kappa shape index (κ1) is 30.2. The number of benzene rings is 3. The van der Waals surface area contributed by atoms with Gasteiger partial charge in [-0.3, -0.25) is 33.0 Å². The van der Waals surface area contributed by atoms with Crippen molar-refractivity contribution in [3.8, 4) is 11.5 Å². The number of ether oxygens (including phenoxy) is 1. The van der Waals surface area contributed by atoms with Crippen LogP contribution in [0.4, 0.5) is 11.6 Å². The molecule has 0 bridgehead atoms. The minimum Gasteiger partial charge on any atom is -0.457 e. The fourth-order valence-electron chi connectivity index (χ4n) is 6.40. The van der Waals surface area contributed by atoms with E-state index in [-0.39, 0.29) is 18.2 Å². The summed E-state index contributed by atoms with van der Waals surface area (Å²) in [5.41, 5.74) is 2.49. The van der Waals surface area contributed by atoms with Crippen LogP contribution in [-0.2, 0) is 30.2 Å². The molecule has 2 aromatic heterocycles. The molecule has 2 fully saturated rings. The van der Waals surface area contributed by atoms with Crippen LogP contribution in [0.25, 0.3) is 11.2 Å². The van der Waals surface area contributed by atoms with E-state index in [1.54, 1.807) is 31.3 Å². The van der Waals surface area contributed by atoms with Crippen molar-refractivity contribution in [2.24, 2.45) is 14.1 Å². The van der Waals surface area contributed by atoms with Gasteiger partial charge in [-0.2, -0.15) is 4.98 Å². The van der Waals surface area contributed by atoms with Gasteiger partial charge in [-0.05, 0) is 48.9 Å². The minimum atomic E-state index is -0.565. The van der Waals surface area contributed by atoms with E-state index >= 15 is 0 Å². The van der Waals surface area contributed by atoms with Gasteiger partial charge >= 0.3 is 5.69 Å². The fraction of sp³-hybridized carbons (Fsp3) is 0.286. The van der Waals surface area contributed by atoms with E-state index in [4.69, 9.17) is 9.72 Å². The Kier molecular flexibility index (Phi) is 7.72. The summed E-state index contributed by atoms with van der Waals surface area (Å²) in [4.78, 5) is 63.1. The van der Waals surface area contributed by atoms with E-state index in [9.17, 15) is 19.2 Å². The van der Waals surface area contributed by atoms with Crippen molar-refractivity contribution in [3.05, 3.63) is 111 Å². The van der Waals surface area contributed by atoms with Gasteiger partial charge in [0.15, 0.2) is 11.2 Å². The Hall–Kier alpha value is -5.49. The van der Waals surface area contributed by atoms with Gasteiger partial charge in [0.2, 0.25) is 11.9 Å². The molecular weight excluding hydrogens is 598 g/mol. The van der Waals surface area contributed by atoms with Gasteiger partial charge in [-0.1, -0.05) is 48.0 Å². The summed E-state index contributed by atoms with van der Waals surface area (Å²) in [5, 5.41) is 0. The number of amides is 2. The molecule has 2 saturated heterocycles. The predicted molar refractivity (Wildman–Crippen MR) is 178 cm³/mol. The number of hydrogen-bond acceptors (Lipinski definition) is 8. The number of fused-ring (bicyclic) bond motifs is 1. The second-order valence-corrected chi connectivity index (χ2v) is 12.1. The van der Waals surface area contributed by atoms with Crippen LogP contribution in [0.3, 0.4) is 0 Å². The van der Waals surface area contributed by atoms with Crippen LogP contribution in [-0.4, -0.2) is 67.6 Å². The number of rotatable bonds is 7. The first-order valence-electron chi connectivity index (χ1n) is 15.6. The van der Waals surface area contributed by atoms with E-state index in [0.717, 1.165) is 15.7 Å². The summed E-state index contributed by atoms with van der Waals surface area (Å²) in [5.74, 6) is 1.41. The Morgan fingerprint density at radius 2 is 1.45 bits per heavy atom. The quantitative estimate of drug-likeness (QED) is 0.252. The first-order valence-corrected chi connectivity index (χ1v) is 15.6. The molecule has 7 rings (SSSR count). The fourth-order valence-corrected chi connectivity index (χ4v) is 6.40. The highest BCUT2D eigenvalue weighted by atomic mass is 16.5. The number of anilines is 2. The number of aryl methyl sites for hydroxylation is 2. The number of carbonyl (C=O) groups is 2. The molecule has 12 nitrogen and oxygen atoms in total. The van der Waals surface area contributed by atoms with Crippen LogP contribution in [0.1, 0.15) is 17.5 Å². The molecule has 47 heavy (non-hydrogen) atoms. The SMILES string of the molecule is Cc1ccc(Cn2c(N3CCN(C4CC(=O)N(c5ccc(Oc6ccccc6)cc5)C4=O)CC3)nc3c2c(=O)n(C)c(=O)n3C)cc1. The molecule has 0 radical (unpaired) electrons. The van der Waals surface area contributed by atoms with E-state index in [1.165, 1.54) is 16.5 Å². The molecular formula is C35H35N7O5. The number of imidazole rings is 1. The molecule has 3 aromatic carbocycles. The number of para-hydroxylation sites is 1. The molecule has 1 atom stereocenters. The summed E-state index contributed by atoms with van der Waals surface area (Å²) in [6.45, 7) is 4.51. The molecule has 0 saturated carbocycles. The monoisotopic (exact) mass is 633 g/mol. The maximum atomic E-state index is 13.6. The third-order valence-electron chi connectivity index (χ3n) is 9.02. The van der Waals surface area contributed by atoms with Crippen LogP contribution in [0, 0.1) is 6.92 Å². The summed E-state index contributed by atoms with van der Waals surface area (Å²) < 4.78 is 10.3. The molecule has 2 amide bonds. The Morgan fingerprint density at radius 1 is 0.787 bits per heavy atom. The summed E-state index contributed by atoms with van der Waals surface area (Å²) in [6.07, 6.45) is 0.102. The van der Waals surface area contributed by atoms with Crippen molar-refractivity contribution in [2.45, 2.75) is 25.9 Å². The third kappa shape index (κ3) is 5.50.